The molecular weight excluding hydrogens is 326 g/mol. The zero-order chi connectivity index (χ0) is 17.1. The van der Waals surface area contributed by atoms with Crippen molar-refractivity contribution in [2.45, 2.75) is 13.0 Å². The summed E-state index contributed by atoms with van der Waals surface area (Å²) in [4.78, 5) is 12.2. The summed E-state index contributed by atoms with van der Waals surface area (Å²) in [6.07, 6.45) is 0.516. The Labute approximate surface area is 144 Å². The van der Waals surface area contributed by atoms with Gasteiger partial charge >= 0.3 is 0 Å². The first-order valence-electron chi connectivity index (χ1n) is 7.41. The van der Waals surface area contributed by atoms with Gasteiger partial charge in [0.25, 0.3) is 5.91 Å². The Hall–Kier alpha value is -2.63. The maximum atomic E-state index is 12.2. The molecule has 0 aliphatic rings. The topological polar surface area (TPSA) is 67.2 Å². The van der Waals surface area contributed by atoms with E-state index in [0.29, 0.717) is 22.1 Å². The van der Waals surface area contributed by atoms with Crippen LogP contribution < -0.4 is 5.32 Å². The van der Waals surface area contributed by atoms with E-state index < -0.39 is 12.0 Å². The number of aryl methyl sites for hydroxylation is 1. The third-order valence-electron chi connectivity index (χ3n) is 3.60. The number of halogens is 1. The van der Waals surface area contributed by atoms with E-state index in [-0.39, 0.29) is 0 Å². The van der Waals surface area contributed by atoms with Crippen molar-refractivity contribution in [3.8, 4) is 5.69 Å². The molecular formula is C18H16ClN3O2. The van der Waals surface area contributed by atoms with Gasteiger partial charge in [0.05, 0.1) is 10.7 Å². The standard InChI is InChI=1S/C18H16ClN3O2/c1-12-11-22(15-10-6-5-9-14(15)19)21-17(12)20-18(24)16(23)13-7-3-2-4-8-13/h2-11,16,23H,1H3,(H,20,21,24). The van der Waals surface area contributed by atoms with Crippen molar-refractivity contribution < 1.29 is 9.90 Å². The molecule has 1 atom stereocenters. The minimum absolute atomic E-state index is 0.384. The Morgan fingerprint density at radius 1 is 1.17 bits per heavy atom. The molecule has 3 rings (SSSR count). The molecule has 0 bridgehead atoms. The van der Waals surface area contributed by atoms with E-state index in [1.54, 1.807) is 41.2 Å². The molecule has 0 spiro atoms. The molecule has 1 amide bonds. The second-order valence-electron chi connectivity index (χ2n) is 5.36. The van der Waals surface area contributed by atoms with Gasteiger partial charge in [-0.25, -0.2) is 4.68 Å². The van der Waals surface area contributed by atoms with Crippen molar-refractivity contribution in [1.29, 1.82) is 0 Å². The Balaban J connectivity index is 1.81. The number of aliphatic hydroxyl groups excluding tert-OH is 1. The summed E-state index contributed by atoms with van der Waals surface area (Å²) in [5, 5.41) is 17.7. The highest BCUT2D eigenvalue weighted by atomic mass is 35.5. The van der Waals surface area contributed by atoms with Gasteiger partial charge in [0.2, 0.25) is 0 Å². The lowest BCUT2D eigenvalue weighted by Gasteiger charge is -2.10. The highest BCUT2D eigenvalue weighted by molar-refractivity contribution is 6.32. The molecule has 2 aromatic carbocycles. The Kier molecular flexibility index (Phi) is 4.64. The maximum absolute atomic E-state index is 12.2. The SMILES string of the molecule is Cc1cn(-c2ccccc2Cl)nc1NC(=O)C(O)c1ccccc1. The number of carbonyl (C=O) groups excluding carboxylic acids is 1. The van der Waals surface area contributed by atoms with Crippen LogP contribution in [0.5, 0.6) is 0 Å². The van der Waals surface area contributed by atoms with Crippen LogP contribution >= 0.6 is 11.6 Å². The quantitative estimate of drug-likeness (QED) is 0.763. The highest BCUT2D eigenvalue weighted by Crippen LogP contribution is 2.23. The van der Waals surface area contributed by atoms with E-state index >= 15 is 0 Å². The smallest absolute Gasteiger partial charge is 0.259 e. The fourth-order valence-electron chi connectivity index (χ4n) is 2.32. The van der Waals surface area contributed by atoms with Gasteiger partial charge in [0, 0.05) is 11.8 Å². The number of hydrogen-bond acceptors (Lipinski definition) is 3. The van der Waals surface area contributed by atoms with Crippen LogP contribution in [-0.4, -0.2) is 20.8 Å². The third-order valence-corrected chi connectivity index (χ3v) is 3.92. The first-order valence-corrected chi connectivity index (χ1v) is 7.79. The van der Waals surface area contributed by atoms with Crippen LogP contribution in [0.1, 0.15) is 17.2 Å². The van der Waals surface area contributed by atoms with Crippen LogP contribution in [0, 0.1) is 6.92 Å². The zero-order valence-electron chi connectivity index (χ0n) is 13.0. The predicted molar refractivity (Wildman–Crippen MR) is 93.3 cm³/mol. The van der Waals surface area contributed by atoms with Crippen LogP contribution in [0.2, 0.25) is 5.02 Å². The van der Waals surface area contributed by atoms with Gasteiger partial charge < -0.3 is 10.4 Å². The minimum atomic E-state index is -1.25. The van der Waals surface area contributed by atoms with Crippen molar-refractivity contribution in [3.05, 3.63) is 76.9 Å². The molecule has 2 N–H and O–H groups in total. The minimum Gasteiger partial charge on any atom is -0.378 e. The Bertz CT molecular complexity index is 862. The zero-order valence-corrected chi connectivity index (χ0v) is 13.7. The van der Waals surface area contributed by atoms with E-state index in [1.807, 2.05) is 31.2 Å². The van der Waals surface area contributed by atoms with Crippen molar-refractivity contribution in [2.24, 2.45) is 0 Å². The molecule has 122 valence electrons. The molecule has 1 heterocycles. The van der Waals surface area contributed by atoms with E-state index in [4.69, 9.17) is 11.6 Å². The second-order valence-corrected chi connectivity index (χ2v) is 5.77. The van der Waals surface area contributed by atoms with Gasteiger partial charge in [-0.05, 0) is 24.6 Å². The number of carbonyl (C=O) groups is 1. The number of anilines is 1. The lowest BCUT2D eigenvalue weighted by Crippen LogP contribution is -2.21. The van der Waals surface area contributed by atoms with Crippen LogP contribution in [0.3, 0.4) is 0 Å². The van der Waals surface area contributed by atoms with Gasteiger partial charge in [0.1, 0.15) is 0 Å². The number of aliphatic hydroxyl groups is 1. The number of benzene rings is 2. The van der Waals surface area contributed by atoms with E-state index in [9.17, 15) is 9.90 Å². The third kappa shape index (κ3) is 3.32. The molecule has 3 aromatic rings. The molecule has 0 radical (unpaired) electrons. The summed E-state index contributed by atoms with van der Waals surface area (Å²) in [6.45, 7) is 1.82. The van der Waals surface area contributed by atoms with Crippen LogP contribution in [-0.2, 0) is 4.79 Å². The number of rotatable bonds is 4. The first kappa shape index (κ1) is 16.2. The summed E-state index contributed by atoms with van der Waals surface area (Å²) >= 11 is 6.17. The van der Waals surface area contributed by atoms with E-state index in [0.717, 1.165) is 5.56 Å². The maximum Gasteiger partial charge on any atom is 0.259 e. The molecule has 0 saturated carbocycles. The normalized spacial score (nSPS) is 12.0. The van der Waals surface area contributed by atoms with Gasteiger partial charge in [-0.3, -0.25) is 4.79 Å². The van der Waals surface area contributed by atoms with E-state index in [2.05, 4.69) is 10.4 Å². The molecule has 0 fully saturated rings. The van der Waals surface area contributed by atoms with Gasteiger partial charge in [0.15, 0.2) is 11.9 Å². The number of nitrogens with zero attached hydrogens (tertiary/aromatic N) is 2. The van der Waals surface area contributed by atoms with Crippen molar-refractivity contribution in [1.82, 2.24) is 9.78 Å². The summed E-state index contributed by atoms with van der Waals surface area (Å²) in [6, 6.07) is 16.0. The van der Waals surface area contributed by atoms with Crippen LogP contribution in [0.25, 0.3) is 5.69 Å². The lowest BCUT2D eigenvalue weighted by molar-refractivity contribution is -0.124. The van der Waals surface area contributed by atoms with Crippen LogP contribution in [0.15, 0.2) is 60.8 Å². The molecule has 1 aromatic heterocycles. The summed E-state index contributed by atoms with van der Waals surface area (Å²) < 4.78 is 1.60. The summed E-state index contributed by atoms with van der Waals surface area (Å²) in [7, 11) is 0. The number of hydrogen-bond donors (Lipinski definition) is 2. The average Bonchev–Trinajstić information content (AvgIpc) is 2.95. The molecule has 0 saturated heterocycles. The monoisotopic (exact) mass is 341 g/mol. The summed E-state index contributed by atoms with van der Waals surface area (Å²) in [5.74, 6) is -0.149. The van der Waals surface area contributed by atoms with Gasteiger partial charge in [-0.1, -0.05) is 54.1 Å². The van der Waals surface area contributed by atoms with Crippen molar-refractivity contribution in [2.75, 3.05) is 5.32 Å². The fraction of sp³-hybridized carbons (Fsp3) is 0.111. The Morgan fingerprint density at radius 2 is 1.83 bits per heavy atom. The predicted octanol–water partition coefficient (Wildman–Crippen LogP) is 3.51. The lowest BCUT2D eigenvalue weighted by atomic mass is 10.1. The molecule has 0 aliphatic carbocycles. The van der Waals surface area contributed by atoms with Crippen molar-refractivity contribution in [3.63, 3.8) is 0 Å². The fourth-order valence-corrected chi connectivity index (χ4v) is 2.54. The molecule has 24 heavy (non-hydrogen) atoms. The molecule has 6 heteroatoms. The number of amides is 1. The number of aromatic nitrogens is 2. The van der Waals surface area contributed by atoms with Gasteiger partial charge in [-0.15, -0.1) is 5.10 Å². The highest BCUT2D eigenvalue weighted by Gasteiger charge is 2.19. The number of para-hydroxylation sites is 1. The molecule has 0 aliphatic heterocycles. The molecule has 5 nitrogen and oxygen atoms in total. The van der Waals surface area contributed by atoms with Gasteiger partial charge in [-0.2, -0.15) is 0 Å². The average molecular weight is 342 g/mol. The largest absolute Gasteiger partial charge is 0.378 e. The second kappa shape index (κ2) is 6.86. The number of nitrogens with one attached hydrogen (secondary N) is 1. The summed E-state index contributed by atoms with van der Waals surface area (Å²) in [5.41, 5.74) is 2.01. The molecule has 1 unspecified atom stereocenters. The Morgan fingerprint density at radius 3 is 2.54 bits per heavy atom. The van der Waals surface area contributed by atoms with E-state index in [1.165, 1.54) is 0 Å². The van der Waals surface area contributed by atoms with Crippen LogP contribution in [0.4, 0.5) is 5.82 Å². The van der Waals surface area contributed by atoms with Crippen molar-refractivity contribution >= 4 is 23.3 Å². The first-order chi connectivity index (χ1) is 11.6.